The Morgan fingerprint density at radius 3 is 2.95 bits per heavy atom. The number of aromatic nitrogens is 1. The minimum Gasteiger partial charge on any atom is -0.360 e. The van der Waals surface area contributed by atoms with Crippen molar-refractivity contribution in [2.24, 2.45) is 4.99 Å². The summed E-state index contributed by atoms with van der Waals surface area (Å²) in [7, 11) is 0. The zero-order valence-electron chi connectivity index (χ0n) is 12.0. The molecule has 0 spiro atoms. The van der Waals surface area contributed by atoms with Crippen LogP contribution in [0.25, 0.3) is 10.9 Å². The highest BCUT2D eigenvalue weighted by Crippen LogP contribution is 2.13. The molecule has 0 bridgehead atoms. The monoisotopic (exact) mass is 337 g/mol. The van der Waals surface area contributed by atoms with Gasteiger partial charge in [-0.05, 0) is 24.1 Å². The molecule has 0 aliphatic carbocycles. The highest BCUT2D eigenvalue weighted by atomic mass is 35.5. The molecule has 2 N–H and O–H groups in total. The Morgan fingerprint density at radius 2 is 2.27 bits per heavy atom. The second-order valence-electron chi connectivity index (χ2n) is 4.75. The predicted molar refractivity (Wildman–Crippen MR) is 93.4 cm³/mol. The molecule has 1 aromatic heterocycles. The van der Waals surface area contributed by atoms with E-state index in [0.717, 1.165) is 23.3 Å². The molecule has 0 fully saturated rings. The molecule has 2 aromatic rings. The molecule has 0 unspecified atom stereocenters. The van der Waals surface area contributed by atoms with Crippen molar-refractivity contribution >= 4 is 46.1 Å². The molecule has 1 aliphatic heterocycles. The first-order chi connectivity index (χ1) is 10.2. The lowest BCUT2D eigenvalue weighted by Crippen LogP contribution is -2.31. The number of H-pyrrole nitrogens is 1. The Kier molecular flexibility index (Phi) is 5.26. The van der Waals surface area contributed by atoms with Gasteiger partial charge in [-0.2, -0.15) is 0 Å². The number of rotatable bonds is 2. The maximum Gasteiger partial charge on any atom is 0.262 e. The first-order valence-corrected chi connectivity index (χ1v) is 7.80. The van der Waals surface area contributed by atoms with Gasteiger partial charge < -0.3 is 10.3 Å². The molecule has 1 aromatic carbocycles. The van der Waals surface area contributed by atoms with Crippen LogP contribution in [-0.4, -0.2) is 28.4 Å². The highest BCUT2D eigenvalue weighted by molar-refractivity contribution is 8.14. The molecule has 7 heteroatoms. The van der Waals surface area contributed by atoms with Gasteiger partial charge in [-0.25, -0.2) is 0 Å². The maximum absolute atomic E-state index is 12.5. The number of benzene rings is 1. The van der Waals surface area contributed by atoms with Crippen molar-refractivity contribution < 1.29 is 4.79 Å². The zero-order valence-corrected chi connectivity index (χ0v) is 13.6. The number of aliphatic imine (C=N–C) groups is 1. The topological polar surface area (TPSA) is 74.3 Å². The van der Waals surface area contributed by atoms with Gasteiger partial charge in [-0.1, -0.05) is 24.8 Å². The summed E-state index contributed by atoms with van der Waals surface area (Å²) in [5, 5.41) is 3.81. The fraction of sp³-hybridized carbons (Fsp3) is 0.267. The molecule has 22 heavy (non-hydrogen) atoms. The first-order valence-electron chi connectivity index (χ1n) is 6.82. The van der Waals surface area contributed by atoms with Gasteiger partial charge in [0.2, 0.25) is 5.43 Å². The molecule has 2 heterocycles. The number of amides is 1. The van der Waals surface area contributed by atoms with Gasteiger partial charge >= 0.3 is 0 Å². The summed E-state index contributed by atoms with van der Waals surface area (Å²) in [5.41, 5.74) is 1.67. The summed E-state index contributed by atoms with van der Waals surface area (Å²) >= 11 is 1.49. The number of thioether (sulfide) groups is 1. The van der Waals surface area contributed by atoms with E-state index < -0.39 is 5.91 Å². The van der Waals surface area contributed by atoms with E-state index in [4.69, 9.17) is 0 Å². The van der Waals surface area contributed by atoms with E-state index in [-0.39, 0.29) is 23.4 Å². The number of fused-ring (bicyclic) bond motifs is 1. The van der Waals surface area contributed by atoms with E-state index in [1.165, 1.54) is 18.0 Å². The fourth-order valence-corrected chi connectivity index (χ4v) is 2.95. The van der Waals surface area contributed by atoms with E-state index in [0.29, 0.717) is 17.1 Å². The number of hydrogen-bond donors (Lipinski definition) is 2. The number of nitrogens with zero attached hydrogens (tertiary/aromatic N) is 1. The number of pyridine rings is 1. The smallest absolute Gasteiger partial charge is 0.262 e. The summed E-state index contributed by atoms with van der Waals surface area (Å²) in [6.45, 7) is 2.73. The summed E-state index contributed by atoms with van der Waals surface area (Å²) < 4.78 is 0. The van der Waals surface area contributed by atoms with Gasteiger partial charge in [0, 0.05) is 22.9 Å². The van der Waals surface area contributed by atoms with E-state index in [9.17, 15) is 9.59 Å². The molecule has 3 rings (SSSR count). The van der Waals surface area contributed by atoms with Gasteiger partial charge in [-0.15, -0.1) is 12.4 Å². The summed E-state index contributed by atoms with van der Waals surface area (Å²) in [5.74, 6) is 0.456. The molecule has 0 saturated carbocycles. The lowest BCUT2D eigenvalue weighted by molar-refractivity contribution is 0.0977. The quantitative estimate of drug-likeness (QED) is 0.883. The second kappa shape index (κ2) is 6.98. The second-order valence-corrected chi connectivity index (χ2v) is 5.84. The molecule has 0 radical (unpaired) electrons. The van der Waals surface area contributed by atoms with Crippen LogP contribution in [0.15, 0.2) is 34.2 Å². The third-order valence-corrected chi connectivity index (χ3v) is 4.30. The third-order valence-electron chi connectivity index (χ3n) is 3.40. The zero-order chi connectivity index (χ0) is 14.8. The van der Waals surface area contributed by atoms with E-state index >= 15 is 0 Å². The van der Waals surface area contributed by atoms with Crippen molar-refractivity contribution in [1.29, 1.82) is 0 Å². The van der Waals surface area contributed by atoms with Crippen LogP contribution in [0.5, 0.6) is 0 Å². The molecule has 5 nitrogen and oxygen atoms in total. The van der Waals surface area contributed by atoms with Crippen LogP contribution in [0.2, 0.25) is 0 Å². The Bertz CT molecular complexity index is 801. The number of amidine groups is 1. The van der Waals surface area contributed by atoms with Crippen molar-refractivity contribution in [3.05, 3.63) is 45.7 Å². The Labute approximate surface area is 138 Å². The molecule has 0 atom stereocenters. The number of halogens is 1. The standard InChI is InChI=1S/C15H15N3O2S.ClH/c1-2-9-3-4-12-10(7-9)13(19)11(8-17-12)14(20)18-15-16-5-6-21-15;/h3-4,7-8H,2,5-6H2,1H3,(H,17,19)(H,16,18,20);1H. The SMILES string of the molecule is CCc1ccc2[nH]cc(C(=O)NC3=NCCS3)c(=O)c2c1.Cl. The number of carbonyl (C=O) groups is 1. The van der Waals surface area contributed by atoms with Gasteiger partial charge in [-0.3, -0.25) is 14.6 Å². The number of carbonyl (C=O) groups excluding carboxylic acids is 1. The lowest BCUT2D eigenvalue weighted by atomic mass is 10.1. The Morgan fingerprint density at radius 1 is 1.45 bits per heavy atom. The normalized spacial score (nSPS) is 13.6. The fourth-order valence-electron chi connectivity index (χ4n) is 2.23. The first kappa shape index (κ1) is 16.6. The summed E-state index contributed by atoms with van der Waals surface area (Å²) in [6, 6.07) is 5.68. The molecule has 1 amide bonds. The van der Waals surface area contributed by atoms with Crippen molar-refractivity contribution in [1.82, 2.24) is 10.3 Å². The van der Waals surface area contributed by atoms with E-state index in [1.54, 1.807) is 0 Å². The van der Waals surface area contributed by atoms with Crippen LogP contribution in [0.1, 0.15) is 22.8 Å². The highest BCUT2D eigenvalue weighted by Gasteiger charge is 2.16. The average Bonchev–Trinajstić information content (AvgIpc) is 3.00. The predicted octanol–water partition coefficient (Wildman–Crippen LogP) is 2.34. The van der Waals surface area contributed by atoms with Crippen LogP contribution in [0.4, 0.5) is 0 Å². The van der Waals surface area contributed by atoms with Crippen LogP contribution in [-0.2, 0) is 6.42 Å². The Balaban J connectivity index is 0.00000176. The largest absolute Gasteiger partial charge is 0.360 e. The third kappa shape index (κ3) is 3.18. The minimum atomic E-state index is -0.409. The van der Waals surface area contributed by atoms with E-state index in [2.05, 4.69) is 15.3 Å². The molecule has 116 valence electrons. The van der Waals surface area contributed by atoms with Crippen molar-refractivity contribution in [2.45, 2.75) is 13.3 Å². The Hall–Kier alpha value is -1.79. The van der Waals surface area contributed by atoms with Gasteiger partial charge in [0.05, 0.1) is 6.54 Å². The van der Waals surface area contributed by atoms with Crippen molar-refractivity contribution in [2.75, 3.05) is 12.3 Å². The van der Waals surface area contributed by atoms with Crippen LogP contribution in [0.3, 0.4) is 0 Å². The molecular formula is C15H16ClN3O2S. The number of aryl methyl sites for hydroxylation is 1. The van der Waals surface area contributed by atoms with Crippen LogP contribution >= 0.6 is 24.2 Å². The number of aromatic amines is 1. The van der Waals surface area contributed by atoms with E-state index in [1.807, 2.05) is 25.1 Å². The van der Waals surface area contributed by atoms with Gasteiger partial charge in [0.25, 0.3) is 5.91 Å². The number of hydrogen-bond acceptors (Lipinski definition) is 4. The van der Waals surface area contributed by atoms with Crippen molar-refractivity contribution in [3.8, 4) is 0 Å². The summed E-state index contributed by atoms with van der Waals surface area (Å²) in [4.78, 5) is 31.8. The van der Waals surface area contributed by atoms with Crippen molar-refractivity contribution in [3.63, 3.8) is 0 Å². The number of nitrogens with one attached hydrogen (secondary N) is 2. The van der Waals surface area contributed by atoms with Gasteiger partial charge in [0.15, 0.2) is 5.17 Å². The van der Waals surface area contributed by atoms with Crippen LogP contribution < -0.4 is 10.7 Å². The minimum absolute atomic E-state index is 0. The average molecular weight is 338 g/mol. The lowest BCUT2D eigenvalue weighted by Gasteiger charge is -2.06. The molecular weight excluding hydrogens is 322 g/mol. The summed E-state index contributed by atoms with van der Waals surface area (Å²) in [6.07, 6.45) is 2.31. The molecule has 1 aliphatic rings. The maximum atomic E-state index is 12.5. The van der Waals surface area contributed by atoms with Gasteiger partial charge in [0.1, 0.15) is 5.56 Å². The molecule has 0 saturated heterocycles. The van der Waals surface area contributed by atoms with Crippen LogP contribution in [0, 0.1) is 0 Å².